The minimum atomic E-state index is -0.765. The maximum Gasteiger partial charge on any atom is 0.306 e. The van der Waals surface area contributed by atoms with Crippen LogP contribution in [-0.4, -0.2) is 37.2 Å². The number of allylic oxidation sites excluding steroid dienone is 8. The van der Waals surface area contributed by atoms with Gasteiger partial charge < -0.3 is 14.2 Å². The lowest BCUT2D eigenvalue weighted by Gasteiger charge is -2.18. The number of ether oxygens (including phenoxy) is 3. The Hall–Kier alpha value is -2.63. The third kappa shape index (κ3) is 46.3. The van der Waals surface area contributed by atoms with E-state index in [9.17, 15) is 14.4 Å². The summed E-state index contributed by atoms with van der Waals surface area (Å²) in [5.41, 5.74) is 0. The van der Waals surface area contributed by atoms with Gasteiger partial charge in [-0.1, -0.05) is 223 Å². The minimum absolute atomic E-state index is 0.0710. The van der Waals surface area contributed by atoms with Crippen LogP contribution in [0.2, 0.25) is 0 Å². The predicted molar refractivity (Wildman–Crippen MR) is 252 cm³/mol. The van der Waals surface area contributed by atoms with Crippen molar-refractivity contribution in [1.82, 2.24) is 0 Å². The fourth-order valence-corrected chi connectivity index (χ4v) is 7.08. The lowest BCUT2D eigenvalue weighted by Crippen LogP contribution is -2.30. The Morgan fingerprint density at radius 1 is 0.356 bits per heavy atom. The van der Waals surface area contributed by atoms with E-state index in [4.69, 9.17) is 14.2 Å². The highest BCUT2D eigenvalue weighted by molar-refractivity contribution is 5.71. The van der Waals surface area contributed by atoms with Gasteiger partial charge in [-0.3, -0.25) is 14.4 Å². The smallest absolute Gasteiger partial charge is 0.306 e. The summed E-state index contributed by atoms with van der Waals surface area (Å²) >= 11 is 0. The average Bonchev–Trinajstić information content (AvgIpc) is 3.23. The van der Waals surface area contributed by atoms with E-state index in [-0.39, 0.29) is 31.1 Å². The van der Waals surface area contributed by atoms with Crippen LogP contribution in [0.5, 0.6) is 0 Å². The van der Waals surface area contributed by atoms with E-state index in [1.807, 2.05) is 0 Å². The lowest BCUT2D eigenvalue weighted by atomic mass is 10.0. The van der Waals surface area contributed by atoms with Crippen LogP contribution in [0.3, 0.4) is 0 Å². The SMILES string of the molecule is CC/C=C\C/C=C\C/C=C\C/C=C\CCCCCCCCCCCCCCC(=O)OCC(COC(=O)CCCCCCCC)OC(=O)CCCCCCCCCCCC. The molecule has 0 heterocycles. The molecule has 59 heavy (non-hydrogen) atoms. The van der Waals surface area contributed by atoms with E-state index in [1.165, 1.54) is 128 Å². The normalized spacial score (nSPS) is 12.4. The van der Waals surface area contributed by atoms with Crippen LogP contribution in [0.1, 0.15) is 252 Å². The molecule has 0 aromatic carbocycles. The van der Waals surface area contributed by atoms with Crippen LogP contribution >= 0.6 is 0 Å². The molecule has 1 unspecified atom stereocenters. The lowest BCUT2D eigenvalue weighted by molar-refractivity contribution is -0.167. The zero-order chi connectivity index (χ0) is 43.0. The number of carbonyl (C=O) groups excluding carboxylic acids is 3. The van der Waals surface area contributed by atoms with Crippen molar-refractivity contribution in [3.8, 4) is 0 Å². The summed E-state index contributed by atoms with van der Waals surface area (Å²) in [5, 5.41) is 0. The Balaban J connectivity index is 4.06. The van der Waals surface area contributed by atoms with Gasteiger partial charge in [0, 0.05) is 19.3 Å². The molecule has 0 saturated heterocycles. The summed E-state index contributed by atoms with van der Waals surface area (Å²) in [7, 11) is 0. The summed E-state index contributed by atoms with van der Waals surface area (Å²) in [5.74, 6) is -0.879. The first-order chi connectivity index (χ1) is 29.0. The van der Waals surface area contributed by atoms with Crippen LogP contribution in [0, 0.1) is 0 Å². The van der Waals surface area contributed by atoms with Gasteiger partial charge >= 0.3 is 17.9 Å². The van der Waals surface area contributed by atoms with E-state index >= 15 is 0 Å². The molecule has 0 aromatic heterocycles. The molecule has 1 atom stereocenters. The fourth-order valence-electron chi connectivity index (χ4n) is 7.08. The van der Waals surface area contributed by atoms with Crippen molar-refractivity contribution in [3.05, 3.63) is 48.6 Å². The van der Waals surface area contributed by atoms with Crippen molar-refractivity contribution >= 4 is 17.9 Å². The molecule has 0 N–H and O–H groups in total. The largest absolute Gasteiger partial charge is 0.462 e. The molecule has 0 aromatic rings. The molecular formula is C53H94O6. The molecule has 0 spiro atoms. The van der Waals surface area contributed by atoms with Crippen molar-refractivity contribution in [2.24, 2.45) is 0 Å². The van der Waals surface area contributed by atoms with Crippen molar-refractivity contribution in [1.29, 1.82) is 0 Å². The van der Waals surface area contributed by atoms with Gasteiger partial charge in [-0.15, -0.1) is 0 Å². The van der Waals surface area contributed by atoms with Crippen LogP contribution in [0.25, 0.3) is 0 Å². The van der Waals surface area contributed by atoms with Gasteiger partial charge in [0.05, 0.1) is 0 Å². The van der Waals surface area contributed by atoms with Crippen LogP contribution < -0.4 is 0 Å². The molecule has 0 aliphatic carbocycles. The highest BCUT2D eigenvalue weighted by Crippen LogP contribution is 2.15. The molecule has 6 heteroatoms. The fraction of sp³-hybridized carbons (Fsp3) is 0.792. The monoisotopic (exact) mass is 827 g/mol. The summed E-state index contributed by atoms with van der Waals surface area (Å²) in [6.45, 7) is 6.46. The second-order valence-corrected chi connectivity index (χ2v) is 16.7. The topological polar surface area (TPSA) is 78.9 Å². The Bertz CT molecular complexity index is 1040. The quantitative estimate of drug-likeness (QED) is 0.0263. The van der Waals surface area contributed by atoms with Crippen LogP contribution in [0.15, 0.2) is 48.6 Å². The number of rotatable bonds is 45. The first kappa shape index (κ1) is 56.4. The van der Waals surface area contributed by atoms with Crippen molar-refractivity contribution in [2.75, 3.05) is 13.2 Å². The van der Waals surface area contributed by atoms with Crippen molar-refractivity contribution in [3.63, 3.8) is 0 Å². The summed E-state index contributed by atoms with van der Waals surface area (Å²) in [4.78, 5) is 37.6. The number of hydrogen-bond acceptors (Lipinski definition) is 6. The van der Waals surface area contributed by atoms with Gasteiger partial charge in [0.2, 0.25) is 0 Å². The number of esters is 3. The number of unbranched alkanes of at least 4 members (excludes halogenated alkanes) is 26. The third-order valence-corrected chi connectivity index (χ3v) is 10.8. The first-order valence-corrected chi connectivity index (χ1v) is 25.1. The maximum absolute atomic E-state index is 12.7. The Morgan fingerprint density at radius 3 is 1.03 bits per heavy atom. The van der Waals surface area contributed by atoms with E-state index in [2.05, 4.69) is 69.4 Å². The molecule has 0 radical (unpaired) electrons. The standard InChI is InChI=1S/C53H94O6/c1-4-7-10-13-16-18-20-21-22-23-24-25-26-27-28-29-30-31-32-33-34-36-37-40-43-46-52(55)58-49-50(48-57-51(54)45-42-39-15-12-9-6-3)59-53(56)47-44-41-38-35-19-17-14-11-8-5-2/h7,10,16,18,21-22,24-25,50H,4-6,8-9,11-15,17,19-20,23,26-49H2,1-3H3/b10-7-,18-16-,22-21-,25-24-. The highest BCUT2D eigenvalue weighted by Gasteiger charge is 2.19. The van der Waals surface area contributed by atoms with Crippen LogP contribution in [0.4, 0.5) is 0 Å². The van der Waals surface area contributed by atoms with E-state index in [0.717, 1.165) is 83.5 Å². The molecule has 342 valence electrons. The Kier molecular flexibility index (Phi) is 45.9. The summed E-state index contributed by atoms with van der Waals surface area (Å²) in [6.07, 6.45) is 57.0. The van der Waals surface area contributed by atoms with Gasteiger partial charge in [-0.05, 0) is 57.8 Å². The number of hydrogen-bond donors (Lipinski definition) is 0. The molecule has 0 rings (SSSR count). The zero-order valence-electron chi connectivity index (χ0n) is 39.0. The van der Waals surface area contributed by atoms with Gasteiger partial charge in [0.15, 0.2) is 6.10 Å². The first-order valence-electron chi connectivity index (χ1n) is 25.1. The van der Waals surface area contributed by atoms with E-state index in [1.54, 1.807) is 0 Å². The van der Waals surface area contributed by atoms with Gasteiger partial charge in [-0.2, -0.15) is 0 Å². The van der Waals surface area contributed by atoms with Gasteiger partial charge in [-0.25, -0.2) is 0 Å². The van der Waals surface area contributed by atoms with Crippen molar-refractivity contribution in [2.45, 2.75) is 258 Å². The second-order valence-electron chi connectivity index (χ2n) is 16.7. The molecule has 0 aliphatic rings. The molecule has 0 fully saturated rings. The molecule has 0 amide bonds. The second kappa shape index (κ2) is 48.0. The predicted octanol–water partition coefficient (Wildman–Crippen LogP) is 16.3. The average molecular weight is 827 g/mol. The van der Waals surface area contributed by atoms with Gasteiger partial charge in [0.25, 0.3) is 0 Å². The molecule has 6 nitrogen and oxygen atoms in total. The Morgan fingerprint density at radius 2 is 0.661 bits per heavy atom. The van der Waals surface area contributed by atoms with Crippen molar-refractivity contribution < 1.29 is 28.6 Å². The van der Waals surface area contributed by atoms with Crippen LogP contribution in [-0.2, 0) is 28.6 Å². The third-order valence-electron chi connectivity index (χ3n) is 10.8. The van der Waals surface area contributed by atoms with Gasteiger partial charge in [0.1, 0.15) is 13.2 Å². The molecule has 0 saturated carbocycles. The molecular weight excluding hydrogens is 733 g/mol. The molecule has 0 bridgehead atoms. The molecule has 0 aliphatic heterocycles. The Labute approximate surface area is 365 Å². The van der Waals surface area contributed by atoms with E-state index in [0.29, 0.717) is 19.3 Å². The zero-order valence-corrected chi connectivity index (χ0v) is 39.0. The summed E-state index contributed by atoms with van der Waals surface area (Å²) < 4.78 is 16.7. The highest BCUT2D eigenvalue weighted by atomic mass is 16.6. The maximum atomic E-state index is 12.7. The minimum Gasteiger partial charge on any atom is -0.462 e. The number of carbonyl (C=O) groups is 3. The summed E-state index contributed by atoms with van der Waals surface area (Å²) in [6, 6.07) is 0. The van der Waals surface area contributed by atoms with E-state index < -0.39 is 6.10 Å².